The molecule has 0 saturated carbocycles. The molecule has 4 heteroatoms. The van der Waals surface area contributed by atoms with Gasteiger partial charge in [0.05, 0.1) is 0 Å². The lowest BCUT2D eigenvalue weighted by Gasteiger charge is -2.09. The van der Waals surface area contributed by atoms with Gasteiger partial charge in [0.2, 0.25) is 0 Å². The molecule has 0 radical (unpaired) electrons. The zero-order chi connectivity index (χ0) is 12.2. The van der Waals surface area contributed by atoms with E-state index >= 15 is 0 Å². The summed E-state index contributed by atoms with van der Waals surface area (Å²) in [6.07, 6.45) is 6.66. The molecule has 2 atom stereocenters. The predicted molar refractivity (Wildman–Crippen MR) is 67.7 cm³/mol. The number of hydrogen-bond acceptors (Lipinski definition) is 3. The average molecular weight is 249 g/mol. The summed E-state index contributed by atoms with van der Waals surface area (Å²) >= 11 is 0. The Hall–Kier alpha value is 0.0200. The van der Waals surface area contributed by atoms with Crippen molar-refractivity contribution in [2.75, 3.05) is 13.2 Å². The van der Waals surface area contributed by atoms with Crippen molar-refractivity contribution in [3.05, 3.63) is 0 Å². The zero-order valence-electron chi connectivity index (χ0n) is 10.9. The van der Waals surface area contributed by atoms with Gasteiger partial charge in [-0.2, -0.15) is 0 Å². The van der Waals surface area contributed by atoms with E-state index in [9.17, 15) is 4.57 Å². The Balaban J connectivity index is 3.54. The van der Waals surface area contributed by atoms with Crippen LogP contribution in [0.15, 0.2) is 0 Å². The molecule has 0 heterocycles. The Bertz CT molecular complexity index is 174. The SMILES string of the molecule is CCCCO[P+](=O)OCC(CC)CCCC. The van der Waals surface area contributed by atoms with Crippen LogP contribution in [-0.4, -0.2) is 13.2 Å². The maximum absolute atomic E-state index is 11.3. The molecule has 0 saturated heterocycles. The molecule has 0 fully saturated rings. The Kier molecular flexibility index (Phi) is 11.5. The maximum Gasteiger partial charge on any atom is 0.697 e. The largest absolute Gasteiger partial charge is 0.697 e. The van der Waals surface area contributed by atoms with E-state index < -0.39 is 8.25 Å². The minimum Gasteiger partial charge on any atom is -0.119 e. The summed E-state index contributed by atoms with van der Waals surface area (Å²) in [6, 6.07) is 0. The summed E-state index contributed by atoms with van der Waals surface area (Å²) in [7, 11) is -1.90. The topological polar surface area (TPSA) is 35.5 Å². The van der Waals surface area contributed by atoms with Crippen LogP contribution in [0.4, 0.5) is 0 Å². The molecule has 0 aliphatic rings. The molecule has 0 aliphatic carbocycles. The fourth-order valence-corrected chi connectivity index (χ4v) is 2.07. The van der Waals surface area contributed by atoms with E-state index in [0.29, 0.717) is 19.1 Å². The fraction of sp³-hybridized carbons (Fsp3) is 1.00. The van der Waals surface area contributed by atoms with Crippen molar-refractivity contribution < 1.29 is 13.6 Å². The normalized spacial score (nSPS) is 13.8. The van der Waals surface area contributed by atoms with Crippen LogP contribution in [0.1, 0.15) is 59.3 Å². The summed E-state index contributed by atoms with van der Waals surface area (Å²) in [6.45, 7) is 7.51. The van der Waals surface area contributed by atoms with E-state index in [4.69, 9.17) is 9.05 Å². The van der Waals surface area contributed by atoms with Gasteiger partial charge in [-0.25, -0.2) is 0 Å². The summed E-state index contributed by atoms with van der Waals surface area (Å²) in [5.74, 6) is 0.522. The van der Waals surface area contributed by atoms with Crippen molar-refractivity contribution in [2.24, 2.45) is 5.92 Å². The fourth-order valence-electron chi connectivity index (χ4n) is 1.39. The Labute approximate surface area is 101 Å². The van der Waals surface area contributed by atoms with Crippen molar-refractivity contribution in [1.29, 1.82) is 0 Å². The van der Waals surface area contributed by atoms with Gasteiger partial charge in [0, 0.05) is 4.57 Å². The standard InChI is InChI=1S/C12H26O3P/c1-4-7-9-12(6-3)11-15-16(13)14-10-8-5-2/h12H,4-11H2,1-3H3/q+1. The third kappa shape index (κ3) is 9.26. The second-order valence-electron chi connectivity index (χ2n) is 4.12. The monoisotopic (exact) mass is 249 g/mol. The van der Waals surface area contributed by atoms with Gasteiger partial charge in [-0.15, -0.1) is 9.05 Å². The first-order valence-electron chi connectivity index (χ1n) is 6.47. The van der Waals surface area contributed by atoms with Crippen LogP contribution >= 0.6 is 8.25 Å². The third-order valence-corrected chi connectivity index (χ3v) is 3.41. The summed E-state index contributed by atoms with van der Waals surface area (Å²) < 4.78 is 21.6. The number of rotatable bonds is 11. The van der Waals surface area contributed by atoms with E-state index in [1.54, 1.807) is 0 Å². The van der Waals surface area contributed by atoms with Crippen LogP contribution in [0.3, 0.4) is 0 Å². The van der Waals surface area contributed by atoms with E-state index in [0.717, 1.165) is 25.7 Å². The van der Waals surface area contributed by atoms with Crippen molar-refractivity contribution in [2.45, 2.75) is 59.3 Å². The lowest BCUT2D eigenvalue weighted by molar-refractivity contribution is 0.187. The highest BCUT2D eigenvalue weighted by Crippen LogP contribution is 2.26. The van der Waals surface area contributed by atoms with Gasteiger partial charge in [0.1, 0.15) is 13.2 Å². The molecular formula is C12H26O3P+. The summed E-state index contributed by atoms with van der Waals surface area (Å²) in [4.78, 5) is 0. The predicted octanol–water partition coefficient (Wildman–Crippen LogP) is 4.69. The van der Waals surface area contributed by atoms with Crippen molar-refractivity contribution >= 4 is 8.25 Å². The van der Waals surface area contributed by atoms with Gasteiger partial charge >= 0.3 is 8.25 Å². The first-order chi connectivity index (χ1) is 7.74. The molecule has 0 rings (SSSR count). The minimum atomic E-state index is -1.90. The second-order valence-corrected chi connectivity index (χ2v) is 5.09. The lowest BCUT2D eigenvalue weighted by atomic mass is 10.0. The average Bonchev–Trinajstić information content (AvgIpc) is 2.30. The highest BCUT2D eigenvalue weighted by atomic mass is 31.1. The second kappa shape index (κ2) is 11.5. The molecule has 0 aromatic carbocycles. The number of hydrogen-bond donors (Lipinski definition) is 0. The molecule has 0 amide bonds. The Morgan fingerprint density at radius 2 is 1.75 bits per heavy atom. The van der Waals surface area contributed by atoms with Crippen LogP contribution in [-0.2, 0) is 13.6 Å². The highest BCUT2D eigenvalue weighted by molar-refractivity contribution is 7.33. The van der Waals surface area contributed by atoms with Gasteiger partial charge in [0.25, 0.3) is 0 Å². The Morgan fingerprint density at radius 3 is 2.31 bits per heavy atom. The molecule has 3 nitrogen and oxygen atoms in total. The molecule has 0 bridgehead atoms. The molecule has 0 aromatic heterocycles. The molecule has 0 spiro atoms. The van der Waals surface area contributed by atoms with Gasteiger partial charge in [0.15, 0.2) is 0 Å². The van der Waals surface area contributed by atoms with E-state index in [-0.39, 0.29) is 0 Å². The van der Waals surface area contributed by atoms with E-state index in [1.807, 2.05) is 0 Å². The van der Waals surface area contributed by atoms with Crippen LogP contribution in [0, 0.1) is 5.92 Å². The molecule has 0 N–H and O–H groups in total. The van der Waals surface area contributed by atoms with Crippen LogP contribution in [0.2, 0.25) is 0 Å². The van der Waals surface area contributed by atoms with Crippen LogP contribution in [0.25, 0.3) is 0 Å². The van der Waals surface area contributed by atoms with Crippen molar-refractivity contribution in [3.63, 3.8) is 0 Å². The Morgan fingerprint density at radius 1 is 1.06 bits per heavy atom. The van der Waals surface area contributed by atoms with Crippen LogP contribution < -0.4 is 0 Å². The van der Waals surface area contributed by atoms with Crippen molar-refractivity contribution in [1.82, 2.24) is 0 Å². The minimum absolute atomic E-state index is 0.522. The molecule has 0 aliphatic heterocycles. The van der Waals surface area contributed by atoms with Gasteiger partial charge in [-0.1, -0.05) is 46.5 Å². The first kappa shape index (κ1) is 16.0. The molecular weight excluding hydrogens is 223 g/mol. The van der Waals surface area contributed by atoms with E-state index in [2.05, 4.69) is 20.8 Å². The molecule has 0 aromatic rings. The highest BCUT2D eigenvalue weighted by Gasteiger charge is 2.21. The smallest absolute Gasteiger partial charge is 0.119 e. The van der Waals surface area contributed by atoms with E-state index in [1.165, 1.54) is 12.8 Å². The zero-order valence-corrected chi connectivity index (χ0v) is 11.8. The lowest BCUT2D eigenvalue weighted by Crippen LogP contribution is -2.06. The first-order valence-corrected chi connectivity index (χ1v) is 7.57. The molecule has 2 unspecified atom stereocenters. The van der Waals surface area contributed by atoms with Gasteiger partial charge in [-0.3, -0.25) is 0 Å². The summed E-state index contributed by atoms with van der Waals surface area (Å²) in [5.41, 5.74) is 0. The number of unbranched alkanes of at least 4 members (excludes halogenated alkanes) is 2. The molecule has 16 heavy (non-hydrogen) atoms. The van der Waals surface area contributed by atoms with Crippen LogP contribution in [0.5, 0.6) is 0 Å². The van der Waals surface area contributed by atoms with Crippen molar-refractivity contribution in [3.8, 4) is 0 Å². The molecule has 96 valence electrons. The summed E-state index contributed by atoms with van der Waals surface area (Å²) in [5, 5.41) is 0. The quantitative estimate of drug-likeness (QED) is 0.393. The van der Waals surface area contributed by atoms with Gasteiger partial charge < -0.3 is 0 Å². The maximum atomic E-state index is 11.3. The third-order valence-electron chi connectivity index (χ3n) is 2.65. The van der Waals surface area contributed by atoms with Gasteiger partial charge in [-0.05, 0) is 18.8 Å².